The lowest BCUT2D eigenvalue weighted by molar-refractivity contribution is -0.704. The van der Waals surface area contributed by atoms with E-state index in [1.54, 1.807) is 0 Å². The summed E-state index contributed by atoms with van der Waals surface area (Å²) in [5.41, 5.74) is 3.78. The Morgan fingerprint density at radius 2 is 2.00 bits per heavy atom. The van der Waals surface area contributed by atoms with Crippen molar-refractivity contribution in [3.8, 4) is 0 Å². The third-order valence-electron chi connectivity index (χ3n) is 5.10. The lowest BCUT2D eigenvalue weighted by atomic mass is 9.87. The fourth-order valence-corrected chi connectivity index (χ4v) is 4.44. The van der Waals surface area contributed by atoms with E-state index < -0.39 is 10.1 Å². The highest BCUT2D eigenvalue weighted by Gasteiger charge is 2.34. The molecule has 148 valence electrons. The molecule has 2 aromatic rings. The Morgan fingerprint density at radius 1 is 1.30 bits per heavy atom. The molecule has 1 aliphatic carbocycles. The Hall–Kier alpha value is -1.37. The van der Waals surface area contributed by atoms with E-state index in [-0.39, 0.29) is 6.61 Å². The van der Waals surface area contributed by atoms with Crippen molar-refractivity contribution < 1.29 is 17.2 Å². The first-order valence-electron chi connectivity index (χ1n) is 9.48. The number of halogens is 1. The number of imidazole rings is 1. The monoisotopic (exact) mass is 411 g/mol. The Labute approximate surface area is 166 Å². The SMILES string of the molecule is CC(C)c1[nH]c2c([n+]1Cc1ccc(Cl)cc1)C(CCOS(C)(=O)=O)CCC2. The predicted molar refractivity (Wildman–Crippen MR) is 107 cm³/mol. The molecule has 0 aliphatic heterocycles. The Morgan fingerprint density at radius 3 is 2.63 bits per heavy atom. The van der Waals surface area contributed by atoms with E-state index in [0.29, 0.717) is 18.3 Å². The van der Waals surface area contributed by atoms with Gasteiger partial charge in [-0.15, -0.1) is 0 Å². The normalized spacial score (nSPS) is 17.3. The number of nitrogens with zero attached hydrogens (tertiary/aromatic N) is 1. The minimum atomic E-state index is -3.40. The molecule has 27 heavy (non-hydrogen) atoms. The first-order valence-corrected chi connectivity index (χ1v) is 11.7. The van der Waals surface area contributed by atoms with Crippen LogP contribution in [0.25, 0.3) is 0 Å². The van der Waals surface area contributed by atoms with Crippen molar-refractivity contribution in [1.29, 1.82) is 0 Å². The minimum absolute atomic E-state index is 0.228. The van der Waals surface area contributed by atoms with Crippen molar-refractivity contribution in [2.45, 2.75) is 57.9 Å². The summed E-state index contributed by atoms with van der Waals surface area (Å²) < 4.78 is 30.0. The van der Waals surface area contributed by atoms with Crippen molar-refractivity contribution in [2.24, 2.45) is 0 Å². The third-order valence-corrected chi connectivity index (χ3v) is 5.95. The standard InChI is InChI=1S/C20H27ClN2O3S/c1-14(2)20-22-18-6-4-5-16(11-12-26-27(3,24)25)19(18)23(20)13-15-7-9-17(21)10-8-15/h7-10,14,16H,4-6,11-13H2,1-3H3/p+1. The van der Waals surface area contributed by atoms with Crippen LogP contribution in [0.15, 0.2) is 24.3 Å². The van der Waals surface area contributed by atoms with Gasteiger partial charge in [-0.2, -0.15) is 8.42 Å². The van der Waals surface area contributed by atoms with E-state index in [1.165, 1.54) is 22.8 Å². The van der Waals surface area contributed by atoms with Crippen LogP contribution in [0.3, 0.4) is 0 Å². The summed E-state index contributed by atoms with van der Waals surface area (Å²) in [5, 5.41) is 0.736. The molecule has 1 N–H and O–H groups in total. The second-order valence-electron chi connectivity index (χ2n) is 7.65. The second-order valence-corrected chi connectivity index (χ2v) is 9.73. The number of fused-ring (bicyclic) bond motifs is 1. The number of aromatic amines is 1. The maximum atomic E-state index is 11.3. The smallest absolute Gasteiger partial charge is 0.264 e. The van der Waals surface area contributed by atoms with E-state index >= 15 is 0 Å². The highest BCUT2D eigenvalue weighted by Crippen LogP contribution is 2.33. The van der Waals surface area contributed by atoms with Gasteiger partial charge in [-0.1, -0.05) is 37.6 Å². The van der Waals surface area contributed by atoms with Gasteiger partial charge in [0.05, 0.1) is 18.8 Å². The summed E-state index contributed by atoms with van der Waals surface area (Å²) in [7, 11) is -3.40. The van der Waals surface area contributed by atoms with Crippen LogP contribution < -0.4 is 4.57 Å². The summed E-state index contributed by atoms with van der Waals surface area (Å²) in [6, 6.07) is 7.96. The van der Waals surface area contributed by atoms with Crippen molar-refractivity contribution in [3.05, 3.63) is 52.1 Å². The van der Waals surface area contributed by atoms with Gasteiger partial charge in [0.1, 0.15) is 17.9 Å². The number of H-pyrrole nitrogens is 1. The fourth-order valence-electron chi connectivity index (χ4n) is 3.92. The molecular formula is C20H28ClN2O3S+. The Kier molecular flexibility index (Phi) is 6.28. The molecule has 7 heteroatoms. The van der Waals surface area contributed by atoms with Crippen LogP contribution in [0.1, 0.15) is 67.7 Å². The zero-order chi connectivity index (χ0) is 19.6. The average Bonchev–Trinajstić information content (AvgIpc) is 2.95. The number of rotatable bonds is 7. The Bertz CT molecular complexity index is 889. The number of nitrogens with one attached hydrogen (secondary N) is 1. The largest absolute Gasteiger partial charge is 0.270 e. The number of aromatic nitrogens is 2. The quantitative estimate of drug-likeness (QED) is 0.554. The van der Waals surface area contributed by atoms with E-state index in [2.05, 4.69) is 35.5 Å². The van der Waals surface area contributed by atoms with E-state index in [0.717, 1.165) is 37.1 Å². The summed E-state index contributed by atoms with van der Waals surface area (Å²) >= 11 is 6.03. The summed E-state index contributed by atoms with van der Waals surface area (Å²) in [6.07, 6.45) is 5.00. The zero-order valence-corrected chi connectivity index (χ0v) is 17.7. The lowest BCUT2D eigenvalue weighted by Gasteiger charge is -2.20. The highest BCUT2D eigenvalue weighted by molar-refractivity contribution is 7.85. The van der Waals surface area contributed by atoms with Crippen molar-refractivity contribution in [1.82, 2.24) is 4.98 Å². The molecule has 1 unspecified atom stereocenters. The van der Waals surface area contributed by atoms with Crippen molar-refractivity contribution in [3.63, 3.8) is 0 Å². The molecule has 0 saturated heterocycles. The molecule has 5 nitrogen and oxygen atoms in total. The summed E-state index contributed by atoms with van der Waals surface area (Å²) in [4.78, 5) is 3.65. The van der Waals surface area contributed by atoms with Crippen molar-refractivity contribution in [2.75, 3.05) is 12.9 Å². The molecular weight excluding hydrogens is 384 g/mol. The molecule has 1 heterocycles. The second kappa shape index (κ2) is 8.33. The maximum Gasteiger partial charge on any atom is 0.264 e. The van der Waals surface area contributed by atoms with Gasteiger partial charge in [-0.25, -0.2) is 9.55 Å². The van der Waals surface area contributed by atoms with E-state index in [4.69, 9.17) is 15.8 Å². The molecule has 1 aromatic carbocycles. The number of benzene rings is 1. The van der Waals surface area contributed by atoms with Gasteiger partial charge in [-0.3, -0.25) is 4.18 Å². The van der Waals surface area contributed by atoms with Gasteiger partial charge in [0, 0.05) is 17.4 Å². The molecule has 0 saturated carbocycles. The fraction of sp³-hybridized carbons (Fsp3) is 0.550. The van der Waals surface area contributed by atoms with Gasteiger partial charge in [-0.05, 0) is 37.0 Å². The molecule has 0 radical (unpaired) electrons. The van der Waals surface area contributed by atoms with Crippen LogP contribution in [0.5, 0.6) is 0 Å². The van der Waals surface area contributed by atoms with E-state index in [9.17, 15) is 8.42 Å². The molecule has 1 atom stereocenters. The maximum absolute atomic E-state index is 11.3. The highest BCUT2D eigenvalue weighted by atomic mass is 35.5. The lowest BCUT2D eigenvalue weighted by Crippen LogP contribution is -2.43. The molecule has 3 rings (SSSR count). The van der Waals surface area contributed by atoms with Crippen LogP contribution in [-0.4, -0.2) is 26.3 Å². The zero-order valence-electron chi connectivity index (χ0n) is 16.2. The summed E-state index contributed by atoms with van der Waals surface area (Å²) in [6.45, 7) is 5.39. The first kappa shape index (κ1) is 20.4. The van der Waals surface area contributed by atoms with Gasteiger partial charge in [0.15, 0.2) is 0 Å². The van der Waals surface area contributed by atoms with Crippen LogP contribution in [0, 0.1) is 0 Å². The van der Waals surface area contributed by atoms with Crippen molar-refractivity contribution >= 4 is 21.7 Å². The number of hydrogen-bond donors (Lipinski definition) is 1. The molecule has 0 fully saturated rings. The average molecular weight is 412 g/mol. The molecule has 1 aliphatic rings. The van der Waals surface area contributed by atoms with Gasteiger partial charge in [0.25, 0.3) is 15.9 Å². The van der Waals surface area contributed by atoms with E-state index in [1.807, 2.05) is 12.1 Å². The summed E-state index contributed by atoms with van der Waals surface area (Å²) in [5.74, 6) is 1.88. The number of hydrogen-bond acceptors (Lipinski definition) is 3. The van der Waals surface area contributed by atoms with Gasteiger partial charge >= 0.3 is 0 Å². The van der Waals surface area contributed by atoms with Gasteiger partial charge < -0.3 is 0 Å². The van der Waals surface area contributed by atoms with Crippen LogP contribution >= 0.6 is 11.6 Å². The predicted octanol–water partition coefficient (Wildman–Crippen LogP) is 3.91. The third kappa shape index (κ3) is 5.12. The minimum Gasteiger partial charge on any atom is -0.270 e. The van der Waals surface area contributed by atoms with Crippen LogP contribution in [-0.2, 0) is 27.3 Å². The van der Waals surface area contributed by atoms with Gasteiger partial charge in [0.2, 0.25) is 0 Å². The van der Waals surface area contributed by atoms with Crippen LogP contribution in [0.4, 0.5) is 0 Å². The number of aryl methyl sites for hydroxylation is 1. The van der Waals surface area contributed by atoms with Crippen LogP contribution in [0.2, 0.25) is 5.02 Å². The molecule has 1 aromatic heterocycles. The molecule has 0 amide bonds. The molecule has 0 spiro atoms. The first-order chi connectivity index (χ1) is 12.7. The Balaban J connectivity index is 1.91. The topological polar surface area (TPSA) is 63.0 Å². The molecule has 0 bridgehead atoms.